The molecule has 27 heavy (non-hydrogen) atoms. The normalized spacial score (nSPS) is 13.8. The first kappa shape index (κ1) is 21.0. The minimum absolute atomic E-state index is 0.190. The Kier molecular flexibility index (Phi) is 7.45. The second kappa shape index (κ2) is 9.58. The molecule has 0 bridgehead atoms. The van der Waals surface area contributed by atoms with Gasteiger partial charge in [-0.25, -0.2) is 0 Å². The number of nitrogens with two attached hydrogens (primary N) is 4. The molecule has 2 unspecified atom stereocenters. The largest absolute Gasteiger partial charge is 0.622 e. The predicted molar refractivity (Wildman–Crippen MR) is 108 cm³/mol. The van der Waals surface area contributed by atoms with Crippen molar-refractivity contribution in [1.29, 1.82) is 0 Å². The lowest BCUT2D eigenvalue weighted by Crippen LogP contribution is -2.57. The fourth-order valence-electron chi connectivity index (χ4n) is 2.01. The monoisotopic (exact) mass is 392 g/mol. The molecule has 0 fully saturated rings. The maximum absolute atomic E-state index is 6.07. The molecule has 0 aliphatic carbocycles. The number of rotatable bonds is 10. The molecule has 0 amide bonds. The van der Waals surface area contributed by atoms with Crippen LogP contribution in [0, 0.1) is 0 Å². The fourth-order valence-corrected chi connectivity index (χ4v) is 4.15. The summed E-state index contributed by atoms with van der Waals surface area (Å²) in [4.78, 5) is 0. The van der Waals surface area contributed by atoms with Crippen LogP contribution < -0.4 is 31.8 Å². The summed E-state index contributed by atoms with van der Waals surface area (Å²) in [6, 6.07) is 13.3. The third kappa shape index (κ3) is 7.08. The minimum atomic E-state index is -3.68. The molecule has 0 aliphatic rings. The summed E-state index contributed by atoms with van der Waals surface area (Å²) in [6.45, 7) is 4.01. The van der Waals surface area contributed by atoms with E-state index < -0.39 is 9.05 Å². The first-order valence-electron chi connectivity index (χ1n) is 8.66. The van der Waals surface area contributed by atoms with Crippen molar-refractivity contribution in [3.63, 3.8) is 0 Å². The lowest BCUT2D eigenvalue weighted by Gasteiger charge is -2.43. The van der Waals surface area contributed by atoms with Gasteiger partial charge in [-0.05, 0) is 62.4 Å². The summed E-state index contributed by atoms with van der Waals surface area (Å²) < 4.78 is 24.0. The minimum Gasteiger partial charge on any atom is -0.622 e. The second-order valence-corrected chi connectivity index (χ2v) is 8.40. The van der Waals surface area contributed by atoms with Gasteiger partial charge in [-0.1, -0.05) is 0 Å². The van der Waals surface area contributed by atoms with Crippen LogP contribution in [0.3, 0.4) is 0 Å². The smallest absolute Gasteiger partial charge is 0.588 e. The summed E-state index contributed by atoms with van der Waals surface area (Å²) >= 11 is 0. The van der Waals surface area contributed by atoms with Gasteiger partial charge in [0.1, 0.15) is 0 Å². The van der Waals surface area contributed by atoms with Gasteiger partial charge in [0.15, 0.2) is 0 Å². The molecular formula is C18H28N4O4Si-. The van der Waals surface area contributed by atoms with Gasteiger partial charge < -0.3 is 40.6 Å². The van der Waals surface area contributed by atoms with Crippen molar-refractivity contribution < 1.29 is 17.7 Å². The first-order valence-corrected chi connectivity index (χ1v) is 10.3. The van der Waals surface area contributed by atoms with Crippen molar-refractivity contribution in [3.8, 4) is 11.5 Å². The van der Waals surface area contributed by atoms with E-state index in [4.69, 9.17) is 40.6 Å². The highest BCUT2D eigenvalue weighted by Crippen LogP contribution is 2.24. The third-order valence-electron chi connectivity index (χ3n) is 3.29. The molecule has 0 spiro atoms. The molecule has 8 N–H and O–H groups in total. The lowest BCUT2D eigenvalue weighted by molar-refractivity contribution is 0.0350. The number of hydrogen-bond donors (Lipinski definition) is 4. The van der Waals surface area contributed by atoms with Gasteiger partial charge in [-0.2, -0.15) is 0 Å². The maximum Gasteiger partial charge on any atom is 0.588 e. The number of benzene rings is 2. The summed E-state index contributed by atoms with van der Waals surface area (Å²) in [6.07, 6.45) is 0. The Morgan fingerprint density at radius 1 is 0.704 bits per heavy atom. The molecule has 0 aliphatic heterocycles. The highest BCUT2D eigenvalue weighted by molar-refractivity contribution is 6.55. The molecule has 0 aromatic heterocycles. The second-order valence-electron chi connectivity index (χ2n) is 6.42. The average Bonchev–Trinajstić information content (AvgIpc) is 2.62. The Morgan fingerprint density at radius 2 is 1.04 bits per heavy atom. The van der Waals surface area contributed by atoms with E-state index in [2.05, 4.69) is 0 Å². The summed E-state index contributed by atoms with van der Waals surface area (Å²) in [5.74, 6) is 1.00. The quantitative estimate of drug-likeness (QED) is 0.352. The molecular weight excluding hydrogens is 364 g/mol. The lowest BCUT2D eigenvalue weighted by atomic mass is 10.3. The molecule has 0 saturated heterocycles. The zero-order chi connectivity index (χ0) is 19.9. The van der Waals surface area contributed by atoms with Crippen LogP contribution in [0.2, 0.25) is 0 Å². The van der Waals surface area contributed by atoms with E-state index in [9.17, 15) is 0 Å². The van der Waals surface area contributed by atoms with Gasteiger partial charge >= 0.3 is 9.05 Å². The van der Waals surface area contributed by atoms with Gasteiger partial charge in [0.05, 0.1) is 11.5 Å². The summed E-state index contributed by atoms with van der Waals surface area (Å²) in [5, 5.41) is 0. The molecule has 0 saturated carbocycles. The van der Waals surface area contributed by atoms with Crippen molar-refractivity contribution in [3.05, 3.63) is 48.5 Å². The molecule has 8 nitrogen and oxygen atoms in total. The Labute approximate surface area is 160 Å². The Hall–Kier alpha value is -2.30. The van der Waals surface area contributed by atoms with Crippen molar-refractivity contribution >= 4 is 20.4 Å². The molecule has 149 valence electrons. The first-order chi connectivity index (χ1) is 12.8. The molecule has 2 rings (SSSR count). The summed E-state index contributed by atoms with van der Waals surface area (Å²) in [7, 11) is -3.68. The molecule has 2 atom stereocenters. The Balaban J connectivity index is 2.32. The Bertz CT molecular complexity index is 634. The van der Waals surface area contributed by atoms with E-state index >= 15 is 0 Å². The van der Waals surface area contributed by atoms with Gasteiger partial charge in [-0.15, -0.1) is 0 Å². The van der Waals surface area contributed by atoms with Crippen molar-refractivity contribution in [2.24, 2.45) is 11.5 Å². The van der Waals surface area contributed by atoms with Crippen LogP contribution in [0.4, 0.5) is 11.4 Å². The zero-order valence-corrected chi connectivity index (χ0v) is 16.6. The van der Waals surface area contributed by atoms with Crippen molar-refractivity contribution in [2.45, 2.75) is 25.9 Å². The predicted octanol–water partition coefficient (Wildman–Crippen LogP) is 1.47. The van der Waals surface area contributed by atoms with E-state index in [1.165, 1.54) is 0 Å². The SMILES string of the molecule is CC(N)CO[Si-](OCC(C)N)(Oc1ccc(N)cc1)Oc1ccc(N)cc1. The number of nitrogen functional groups attached to an aromatic ring is 2. The van der Waals surface area contributed by atoms with E-state index in [-0.39, 0.29) is 25.3 Å². The van der Waals surface area contributed by atoms with E-state index in [1.54, 1.807) is 48.5 Å². The molecule has 2 aromatic carbocycles. The van der Waals surface area contributed by atoms with E-state index in [1.807, 2.05) is 13.8 Å². The Morgan fingerprint density at radius 3 is 1.33 bits per heavy atom. The van der Waals surface area contributed by atoms with Crippen LogP contribution in [-0.4, -0.2) is 34.3 Å². The van der Waals surface area contributed by atoms with E-state index in [0.717, 1.165) is 0 Å². The van der Waals surface area contributed by atoms with Crippen LogP contribution in [0.1, 0.15) is 13.8 Å². The molecule has 2 aromatic rings. The van der Waals surface area contributed by atoms with Gasteiger partial charge in [0, 0.05) is 36.7 Å². The topological polar surface area (TPSA) is 141 Å². The molecule has 9 heteroatoms. The standard InChI is InChI=1S/C18H28N4O4Si/c1-13(19)11-23-27(24-12-14(2)20,25-17-7-3-15(21)4-8-17)26-18-9-5-16(22)6-10-18/h3-10,13-14H,11-12,19-22H2,1-2H3/q-1. The fraction of sp³-hybridized carbons (Fsp3) is 0.333. The number of anilines is 2. The highest BCUT2D eigenvalue weighted by atomic mass is 28.4. The van der Waals surface area contributed by atoms with Crippen LogP contribution in [0.5, 0.6) is 11.5 Å². The summed E-state index contributed by atoms with van der Waals surface area (Å²) in [5.41, 5.74) is 24.4. The van der Waals surface area contributed by atoms with Gasteiger partial charge in [-0.3, -0.25) is 0 Å². The van der Waals surface area contributed by atoms with E-state index in [0.29, 0.717) is 22.9 Å². The third-order valence-corrected chi connectivity index (χ3v) is 5.30. The highest BCUT2D eigenvalue weighted by Gasteiger charge is 2.35. The maximum atomic E-state index is 6.07. The van der Waals surface area contributed by atoms with Crippen LogP contribution in [0.25, 0.3) is 0 Å². The van der Waals surface area contributed by atoms with Crippen LogP contribution >= 0.6 is 0 Å². The average molecular weight is 393 g/mol. The molecule has 0 radical (unpaired) electrons. The van der Waals surface area contributed by atoms with Crippen LogP contribution in [0.15, 0.2) is 48.5 Å². The van der Waals surface area contributed by atoms with Crippen LogP contribution in [-0.2, 0) is 8.85 Å². The van der Waals surface area contributed by atoms with Gasteiger partial charge in [0.25, 0.3) is 0 Å². The molecule has 0 heterocycles. The van der Waals surface area contributed by atoms with Crippen molar-refractivity contribution in [2.75, 3.05) is 24.7 Å². The zero-order valence-electron chi connectivity index (χ0n) is 15.6. The van der Waals surface area contributed by atoms with Gasteiger partial charge in [0.2, 0.25) is 0 Å². The van der Waals surface area contributed by atoms with Crippen molar-refractivity contribution in [1.82, 2.24) is 0 Å². The number of hydrogen-bond acceptors (Lipinski definition) is 8.